The Morgan fingerprint density at radius 2 is 2.33 bits per heavy atom. The number of hydrogen-bond donors (Lipinski definition) is 1. The number of carbonyl (C=O) groups excluding carboxylic acids is 1. The molecule has 0 radical (unpaired) electrons. The number of aromatic nitrogens is 1. The van der Waals surface area contributed by atoms with Crippen LogP contribution in [0.1, 0.15) is 15.4 Å². The van der Waals surface area contributed by atoms with E-state index in [0.717, 1.165) is 5.01 Å². The molecule has 1 N–H and O–H groups in total. The number of thiazole rings is 1. The van der Waals surface area contributed by atoms with E-state index >= 15 is 0 Å². The molecule has 3 nitrogen and oxygen atoms in total. The fourth-order valence-electron chi connectivity index (χ4n) is 1.43. The Morgan fingerprint density at radius 3 is 3.00 bits per heavy atom. The lowest BCUT2D eigenvalue weighted by Gasteiger charge is -2.05. The summed E-state index contributed by atoms with van der Waals surface area (Å²) >= 11 is 4.68. The topological polar surface area (TPSA) is 42.0 Å². The molecule has 0 spiro atoms. The zero-order valence-corrected chi connectivity index (χ0v) is 11.7. The summed E-state index contributed by atoms with van der Waals surface area (Å²) < 4.78 is 14.1. The van der Waals surface area contributed by atoms with E-state index in [0.29, 0.717) is 17.4 Å². The standard InChI is InChI=1S/C12H10BrFN2OS/c13-8-1-2-9(10(14)7-8)12(17)16-4-3-11-15-5-6-18-11/h1-2,5-7H,3-4H2,(H,16,17). The molecule has 18 heavy (non-hydrogen) atoms. The summed E-state index contributed by atoms with van der Waals surface area (Å²) in [7, 11) is 0. The van der Waals surface area contributed by atoms with Crippen LogP contribution in [-0.4, -0.2) is 17.4 Å². The second-order valence-corrected chi connectivity index (χ2v) is 5.45. The predicted molar refractivity (Wildman–Crippen MR) is 72.3 cm³/mol. The summed E-state index contributed by atoms with van der Waals surface area (Å²) in [4.78, 5) is 15.8. The molecule has 2 rings (SSSR count). The van der Waals surface area contributed by atoms with E-state index in [1.165, 1.54) is 23.5 Å². The van der Waals surface area contributed by atoms with E-state index in [1.807, 2.05) is 5.38 Å². The van der Waals surface area contributed by atoms with E-state index in [9.17, 15) is 9.18 Å². The molecule has 2 aromatic rings. The third-order valence-corrected chi connectivity index (χ3v) is 3.62. The molecular weight excluding hydrogens is 319 g/mol. The van der Waals surface area contributed by atoms with Crippen molar-refractivity contribution in [2.45, 2.75) is 6.42 Å². The molecule has 0 atom stereocenters. The number of nitrogens with zero attached hydrogens (tertiary/aromatic N) is 1. The summed E-state index contributed by atoms with van der Waals surface area (Å²) in [5.41, 5.74) is 0.0531. The minimum atomic E-state index is -0.531. The molecule has 1 aromatic heterocycles. The van der Waals surface area contributed by atoms with Crippen LogP contribution in [0.15, 0.2) is 34.2 Å². The van der Waals surface area contributed by atoms with E-state index in [4.69, 9.17) is 0 Å². The molecule has 0 saturated carbocycles. The van der Waals surface area contributed by atoms with Gasteiger partial charge in [-0.1, -0.05) is 15.9 Å². The number of nitrogens with one attached hydrogen (secondary N) is 1. The van der Waals surface area contributed by atoms with Crippen LogP contribution < -0.4 is 5.32 Å². The number of carbonyl (C=O) groups is 1. The van der Waals surface area contributed by atoms with Gasteiger partial charge in [0, 0.05) is 29.0 Å². The zero-order valence-electron chi connectivity index (χ0n) is 9.32. The van der Waals surface area contributed by atoms with E-state index in [2.05, 4.69) is 26.2 Å². The number of hydrogen-bond acceptors (Lipinski definition) is 3. The maximum atomic E-state index is 13.5. The van der Waals surface area contributed by atoms with Gasteiger partial charge in [0.15, 0.2) is 0 Å². The Labute approximate surface area is 116 Å². The quantitative estimate of drug-likeness (QED) is 0.937. The summed E-state index contributed by atoms with van der Waals surface area (Å²) in [5, 5.41) is 5.50. The SMILES string of the molecule is O=C(NCCc1nccs1)c1ccc(Br)cc1F. The molecule has 0 fully saturated rings. The Kier molecular flexibility index (Phi) is 4.43. The highest BCUT2D eigenvalue weighted by atomic mass is 79.9. The lowest BCUT2D eigenvalue weighted by molar-refractivity contribution is 0.0950. The summed E-state index contributed by atoms with van der Waals surface area (Å²) in [6, 6.07) is 4.37. The van der Waals surface area contributed by atoms with Crippen molar-refractivity contribution < 1.29 is 9.18 Å². The van der Waals surface area contributed by atoms with Gasteiger partial charge in [0.1, 0.15) is 5.82 Å². The van der Waals surface area contributed by atoms with Gasteiger partial charge in [-0.3, -0.25) is 4.79 Å². The average Bonchev–Trinajstić information content (AvgIpc) is 2.81. The van der Waals surface area contributed by atoms with Gasteiger partial charge in [0.25, 0.3) is 5.91 Å². The molecule has 1 heterocycles. The van der Waals surface area contributed by atoms with Crippen molar-refractivity contribution >= 4 is 33.2 Å². The minimum Gasteiger partial charge on any atom is -0.352 e. The van der Waals surface area contributed by atoms with Gasteiger partial charge >= 0.3 is 0 Å². The van der Waals surface area contributed by atoms with E-state index in [-0.39, 0.29) is 5.56 Å². The first-order chi connectivity index (χ1) is 8.66. The van der Waals surface area contributed by atoms with Gasteiger partial charge in [0.05, 0.1) is 10.6 Å². The third-order valence-electron chi connectivity index (χ3n) is 2.28. The Balaban J connectivity index is 1.91. The molecule has 1 amide bonds. The van der Waals surface area contributed by atoms with Gasteiger partial charge in [-0.2, -0.15) is 0 Å². The highest BCUT2D eigenvalue weighted by molar-refractivity contribution is 9.10. The largest absolute Gasteiger partial charge is 0.352 e. The predicted octanol–water partition coefficient (Wildman–Crippen LogP) is 3.02. The van der Waals surface area contributed by atoms with Crippen LogP contribution in [0.2, 0.25) is 0 Å². The highest BCUT2D eigenvalue weighted by Gasteiger charge is 2.11. The Bertz CT molecular complexity index is 545. The van der Waals surface area contributed by atoms with Crippen LogP contribution in [0.25, 0.3) is 0 Å². The van der Waals surface area contributed by atoms with Crippen molar-refractivity contribution in [1.82, 2.24) is 10.3 Å². The first kappa shape index (κ1) is 13.2. The van der Waals surface area contributed by atoms with Crippen molar-refractivity contribution in [2.75, 3.05) is 6.54 Å². The van der Waals surface area contributed by atoms with Gasteiger partial charge in [0.2, 0.25) is 0 Å². The molecule has 6 heteroatoms. The molecule has 0 bridgehead atoms. The van der Waals surface area contributed by atoms with E-state index in [1.54, 1.807) is 12.3 Å². The van der Waals surface area contributed by atoms with Crippen molar-refractivity contribution in [3.05, 3.63) is 50.6 Å². The van der Waals surface area contributed by atoms with E-state index < -0.39 is 11.7 Å². The first-order valence-electron chi connectivity index (χ1n) is 5.28. The van der Waals surface area contributed by atoms with Crippen LogP contribution in [-0.2, 0) is 6.42 Å². The highest BCUT2D eigenvalue weighted by Crippen LogP contribution is 2.15. The molecular formula is C12H10BrFN2OS. The molecule has 94 valence electrons. The van der Waals surface area contributed by atoms with Crippen LogP contribution in [0.4, 0.5) is 4.39 Å². The summed E-state index contributed by atoms with van der Waals surface area (Å²) in [6.07, 6.45) is 2.37. The maximum absolute atomic E-state index is 13.5. The molecule has 0 aliphatic rings. The Hall–Kier alpha value is -1.27. The van der Waals surface area contributed by atoms with Crippen LogP contribution >= 0.6 is 27.3 Å². The van der Waals surface area contributed by atoms with Crippen molar-refractivity contribution in [2.24, 2.45) is 0 Å². The smallest absolute Gasteiger partial charge is 0.254 e. The van der Waals surface area contributed by atoms with Crippen LogP contribution in [0.3, 0.4) is 0 Å². The fourth-order valence-corrected chi connectivity index (χ4v) is 2.38. The molecule has 0 unspecified atom stereocenters. The number of benzene rings is 1. The first-order valence-corrected chi connectivity index (χ1v) is 6.95. The van der Waals surface area contributed by atoms with Gasteiger partial charge < -0.3 is 5.32 Å². The molecule has 0 aliphatic carbocycles. The zero-order chi connectivity index (χ0) is 13.0. The monoisotopic (exact) mass is 328 g/mol. The minimum absolute atomic E-state index is 0.0531. The second kappa shape index (κ2) is 6.06. The second-order valence-electron chi connectivity index (χ2n) is 3.56. The van der Waals surface area contributed by atoms with Gasteiger partial charge in [-0.05, 0) is 18.2 Å². The maximum Gasteiger partial charge on any atom is 0.254 e. The van der Waals surface area contributed by atoms with Crippen LogP contribution in [0, 0.1) is 5.82 Å². The van der Waals surface area contributed by atoms with Crippen molar-refractivity contribution in [3.8, 4) is 0 Å². The fraction of sp³-hybridized carbons (Fsp3) is 0.167. The molecule has 0 saturated heterocycles. The third kappa shape index (κ3) is 3.36. The normalized spacial score (nSPS) is 10.3. The van der Waals surface area contributed by atoms with Gasteiger partial charge in [-0.15, -0.1) is 11.3 Å². The average molecular weight is 329 g/mol. The van der Waals surface area contributed by atoms with Crippen molar-refractivity contribution in [1.29, 1.82) is 0 Å². The molecule has 0 aliphatic heterocycles. The lowest BCUT2D eigenvalue weighted by atomic mass is 10.2. The number of rotatable bonds is 4. The summed E-state index contributed by atoms with van der Waals surface area (Å²) in [5.74, 6) is -0.937. The number of amides is 1. The molecule has 1 aromatic carbocycles. The summed E-state index contributed by atoms with van der Waals surface area (Å²) in [6.45, 7) is 0.446. The van der Waals surface area contributed by atoms with Crippen molar-refractivity contribution in [3.63, 3.8) is 0 Å². The van der Waals surface area contributed by atoms with Crippen LogP contribution in [0.5, 0.6) is 0 Å². The lowest BCUT2D eigenvalue weighted by Crippen LogP contribution is -2.26. The van der Waals surface area contributed by atoms with Gasteiger partial charge in [-0.25, -0.2) is 9.37 Å². The Morgan fingerprint density at radius 1 is 1.50 bits per heavy atom. The number of halogens is 2.